The van der Waals surface area contributed by atoms with Crippen molar-refractivity contribution in [2.45, 2.75) is 32.2 Å². The van der Waals surface area contributed by atoms with Crippen molar-refractivity contribution in [2.75, 3.05) is 19.8 Å². The number of carbonyl (C=O) groups is 1. The van der Waals surface area contributed by atoms with Crippen LogP contribution in [0.2, 0.25) is 0 Å². The molecule has 0 atom stereocenters. The first-order chi connectivity index (χ1) is 9.09. The molecule has 2 N–H and O–H groups in total. The first-order valence-electron chi connectivity index (χ1n) is 6.72. The number of carbonyl (C=O) groups excluding carboxylic acids is 1. The second kappa shape index (κ2) is 5.57. The van der Waals surface area contributed by atoms with Crippen molar-refractivity contribution >= 4 is 11.7 Å². The lowest BCUT2D eigenvalue weighted by Crippen LogP contribution is -2.55. The zero-order chi connectivity index (χ0) is 13.9. The second-order valence-corrected chi connectivity index (χ2v) is 5.14. The van der Waals surface area contributed by atoms with E-state index in [1.165, 1.54) is 0 Å². The summed E-state index contributed by atoms with van der Waals surface area (Å²) in [6.45, 7) is 10.1. The normalized spacial score (nSPS) is 23.2. The minimum absolute atomic E-state index is 0.134. The molecule has 0 aromatic carbocycles. The number of amidine groups is 1. The molecule has 1 amide bonds. The average molecular weight is 262 g/mol. The minimum Gasteiger partial charge on any atom is -0.356 e. The van der Waals surface area contributed by atoms with Crippen LogP contribution in [0.4, 0.5) is 0 Å². The Kier molecular flexibility index (Phi) is 4.04. The molecule has 19 heavy (non-hydrogen) atoms. The van der Waals surface area contributed by atoms with Gasteiger partial charge in [-0.2, -0.15) is 0 Å². The van der Waals surface area contributed by atoms with Gasteiger partial charge in [0.05, 0.1) is 6.67 Å². The largest absolute Gasteiger partial charge is 0.356 e. The van der Waals surface area contributed by atoms with Crippen LogP contribution in [0.25, 0.3) is 0 Å². The van der Waals surface area contributed by atoms with Crippen LogP contribution in [0.1, 0.15) is 26.7 Å². The fraction of sp³-hybridized carbons (Fsp3) is 0.571. The van der Waals surface area contributed by atoms with Crippen LogP contribution in [0, 0.1) is 0 Å². The summed E-state index contributed by atoms with van der Waals surface area (Å²) in [5.74, 6) is 1.06. The number of hydrogen-bond donors (Lipinski definition) is 2. The molecule has 2 aliphatic heterocycles. The Balaban J connectivity index is 2.06. The number of allylic oxidation sites excluding steroid dienone is 1. The fourth-order valence-corrected chi connectivity index (χ4v) is 2.65. The van der Waals surface area contributed by atoms with Crippen LogP contribution in [0.15, 0.2) is 29.4 Å². The SMILES string of the molecule is C=C(C)/C(=N\C=C/C)N1CCC2(CC1)NCNC2=O. The molecule has 0 bridgehead atoms. The Hall–Kier alpha value is -1.62. The van der Waals surface area contributed by atoms with Crippen LogP contribution in [0.3, 0.4) is 0 Å². The molecule has 5 heteroatoms. The number of hydrogen-bond acceptors (Lipinski definition) is 3. The number of nitrogens with zero attached hydrogens (tertiary/aromatic N) is 2. The lowest BCUT2D eigenvalue weighted by molar-refractivity contribution is -0.125. The van der Waals surface area contributed by atoms with Crippen LogP contribution < -0.4 is 10.6 Å². The number of amides is 1. The van der Waals surface area contributed by atoms with Crippen LogP contribution >= 0.6 is 0 Å². The third-order valence-corrected chi connectivity index (χ3v) is 3.75. The summed E-state index contributed by atoms with van der Waals surface area (Å²) in [4.78, 5) is 18.5. The molecule has 2 heterocycles. The van der Waals surface area contributed by atoms with Crippen molar-refractivity contribution in [1.82, 2.24) is 15.5 Å². The van der Waals surface area contributed by atoms with E-state index >= 15 is 0 Å². The van der Waals surface area contributed by atoms with Gasteiger partial charge in [0.15, 0.2) is 0 Å². The number of rotatable bonds is 2. The third kappa shape index (κ3) is 2.71. The quantitative estimate of drug-likeness (QED) is 0.577. The highest BCUT2D eigenvalue weighted by molar-refractivity contribution is 5.98. The fourth-order valence-electron chi connectivity index (χ4n) is 2.65. The monoisotopic (exact) mass is 262 g/mol. The van der Waals surface area contributed by atoms with Crippen LogP contribution in [0.5, 0.6) is 0 Å². The molecular formula is C14H22N4O. The highest BCUT2D eigenvalue weighted by Crippen LogP contribution is 2.25. The molecule has 0 aromatic rings. The van der Waals surface area contributed by atoms with E-state index < -0.39 is 0 Å². The third-order valence-electron chi connectivity index (χ3n) is 3.75. The van der Waals surface area contributed by atoms with E-state index in [1.807, 2.05) is 19.9 Å². The first-order valence-corrected chi connectivity index (χ1v) is 6.72. The van der Waals surface area contributed by atoms with Gasteiger partial charge in [-0.3, -0.25) is 10.1 Å². The molecule has 0 aliphatic carbocycles. The summed E-state index contributed by atoms with van der Waals surface area (Å²) in [7, 11) is 0. The van der Waals surface area contributed by atoms with Gasteiger partial charge in [-0.15, -0.1) is 0 Å². The van der Waals surface area contributed by atoms with E-state index in [1.54, 1.807) is 6.20 Å². The molecule has 2 rings (SSSR count). The van der Waals surface area contributed by atoms with Gasteiger partial charge in [0.25, 0.3) is 0 Å². The zero-order valence-corrected chi connectivity index (χ0v) is 11.7. The van der Waals surface area contributed by atoms with Gasteiger partial charge in [-0.05, 0) is 32.3 Å². The van der Waals surface area contributed by atoms with E-state index in [0.717, 1.165) is 37.3 Å². The van der Waals surface area contributed by atoms with Crippen molar-refractivity contribution in [1.29, 1.82) is 0 Å². The maximum atomic E-state index is 11.9. The molecule has 0 saturated carbocycles. The van der Waals surface area contributed by atoms with Crippen LogP contribution in [-0.2, 0) is 4.79 Å². The lowest BCUT2D eigenvalue weighted by atomic mass is 9.87. The van der Waals surface area contributed by atoms with E-state index in [2.05, 4.69) is 27.1 Å². The van der Waals surface area contributed by atoms with Crippen molar-refractivity contribution < 1.29 is 4.79 Å². The van der Waals surface area contributed by atoms with Gasteiger partial charge in [0.1, 0.15) is 11.4 Å². The summed E-state index contributed by atoms with van der Waals surface area (Å²) in [5, 5.41) is 6.14. The van der Waals surface area contributed by atoms with E-state index in [-0.39, 0.29) is 11.4 Å². The topological polar surface area (TPSA) is 56.7 Å². The Morgan fingerprint density at radius 3 is 2.63 bits per heavy atom. The number of nitrogens with one attached hydrogen (secondary N) is 2. The zero-order valence-electron chi connectivity index (χ0n) is 11.7. The molecule has 0 radical (unpaired) electrons. The number of aliphatic imine (C=N–C) groups is 1. The highest BCUT2D eigenvalue weighted by atomic mass is 16.2. The first kappa shape index (κ1) is 13.8. The lowest BCUT2D eigenvalue weighted by Gasteiger charge is -2.38. The van der Waals surface area contributed by atoms with Crippen LogP contribution in [-0.4, -0.2) is 41.9 Å². The molecule has 0 aromatic heterocycles. The molecule has 2 saturated heterocycles. The number of likely N-dealkylation sites (tertiary alicyclic amines) is 1. The van der Waals surface area contributed by atoms with Crippen molar-refractivity contribution in [3.05, 3.63) is 24.4 Å². The summed E-state index contributed by atoms with van der Waals surface area (Å²) < 4.78 is 0. The van der Waals surface area contributed by atoms with Gasteiger partial charge in [-0.25, -0.2) is 4.99 Å². The molecule has 5 nitrogen and oxygen atoms in total. The second-order valence-electron chi connectivity index (χ2n) is 5.14. The van der Waals surface area contributed by atoms with Gasteiger partial charge in [-0.1, -0.05) is 12.7 Å². The van der Waals surface area contributed by atoms with E-state index in [0.29, 0.717) is 6.67 Å². The van der Waals surface area contributed by atoms with Gasteiger partial charge >= 0.3 is 0 Å². The van der Waals surface area contributed by atoms with Gasteiger partial charge in [0, 0.05) is 19.3 Å². The van der Waals surface area contributed by atoms with Crippen molar-refractivity contribution in [3.63, 3.8) is 0 Å². The molecule has 0 unspecified atom stereocenters. The number of piperidine rings is 1. The molecular weight excluding hydrogens is 240 g/mol. The Morgan fingerprint density at radius 1 is 1.47 bits per heavy atom. The van der Waals surface area contributed by atoms with Crippen molar-refractivity contribution in [2.24, 2.45) is 4.99 Å². The molecule has 1 spiro atoms. The molecule has 2 aliphatic rings. The standard InChI is InChI=1S/C14H22N4O/c1-4-7-15-12(11(2)3)18-8-5-14(6-9-18)13(19)16-10-17-14/h4,7,17H,2,5-6,8-10H2,1,3H3,(H,16,19)/b7-4-,15-12+. The molecule has 2 fully saturated rings. The smallest absolute Gasteiger partial charge is 0.241 e. The van der Waals surface area contributed by atoms with Crippen molar-refractivity contribution in [3.8, 4) is 0 Å². The van der Waals surface area contributed by atoms with E-state index in [9.17, 15) is 4.79 Å². The van der Waals surface area contributed by atoms with Gasteiger partial charge in [0.2, 0.25) is 5.91 Å². The maximum Gasteiger partial charge on any atom is 0.241 e. The van der Waals surface area contributed by atoms with E-state index in [4.69, 9.17) is 0 Å². The predicted molar refractivity (Wildman–Crippen MR) is 76.7 cm³/mol. The highest BCUT2D eigenvalue weighted by Gasteiger charge is 2.44. The Bertz CT molecular complexity index is 431. The predicted octanol–water partition coefficient (Wildman–Crippen LogP) is 1.01. The Labute approximate surface area is 114 Å². The summed E-state index contributed by atoms with van der Waals surface area (Å²) >= 11 is 0. The summed E-state index contributed by atoms with van der Waals surface area (Å²) in [6, 6.07) is 0. The maximum absolute atomic E-state index is 11.9. The summed E-state index contributed by atoms with van der Waals surface area (Å²) in [5.41, 5.74) is 0.593. The Morgan fingerprint density at radius 2 is 2.16 bits per heavy atom. The summed E-state index contributed by atoms with van der Waals surface area (Å²) in [6.07, 6.45) is 5.30. The average Bonchev–Trinajstić information content (AvgIpc) is 2.73. The van der Waals surface area contributed by atoms with Gasteiger partial charge < -0.3 is 10.2 Å². The minimum atomic E-state index is -0.364. The molecule has 104 valence electrons.